The van der Waals surface area contributed by atoms with Gasteiger partial charge in [0, 0.05) is 32.7 Å². The molecule has 0 aromatic carbocycles. The van der Waals surface area contributed by atoms with Crippen LogP contribution >= 0.6 is 0 Å². The van der Waals surface area contributed by atoms with E-state index < -0.39 is 22.9 Å². The molecule has 1 aliphatic rings. The lowest BCUT2D eigenvalue weighted by Gasteiger charge is -2.18. The van der Waals surface area contributed by atoms with Gasteiger partial charge in [-0.25, -0.2) is 0 Å². The molecule has 1 rings (SSSR count). The van der Waals surface area contributed by atoms with Crippen molar-refractivity contribution < 1.29 is 21.6 Å². The molecule has 0 bridgehead atoms. The summed E-state index contributed by atoms with van der Waals surface area (Å²) in [6.45, 7) is 2.06. The van der Waals surface area contributed by atoms with Gasteiger partial charge in [-0.2, -0.15) is 30.2 Å². The van der Waals surface area contributed by atoms with Crippen LogP contribution in [0.5, 0.6) is 0 Å². The molecule has 1 aliphatic heterocycles. The van der Waals surface area contributed by atoms with Gasteiger partial charge < -0.3 is 5.32 Å². The van der Waals surface area contributed by atoms with Gasteiger partial charge in [-0.05, 0) is 6.42 Å². The van der Waals surface area contributed by atoms with E-state index in [2.05, 4.69) is 5.32 Å². The summed E-state index contributed by atoms with van der Waals surface area (Å²) in [7, 11) is -3.46. The number of halogens is 3. The summed E-state index contributed by atoms with van der Waals surface area (Å²) in [4.78, 5) is 0. The van der Waals surface area contributed by atoms with Gasteiger partial charge in [-0.15, -0.1) is 0 Å². The Balaban J connectivity index is 2.36. The van der Waals surface area contributed by atoms with Crippen LogP contribution in [0, 0.1) is 0 Å². The lowest BCUT2D eigenvalue weighted by molar-refractivity contribution is -0.124. The van der Waals surface area contributed by atoms with Crippen molar-refractivity contribution in [1.29, 1.82) is 0 Å². The normalized spacial score (nSPS) is 21.6. The Bertz CT molecular complexity index is 359. The first-order chi connectivity index (χ1) is 8.27. The molecule has 0 amide bonds. The monoisotopic (exact) mass is 289 g/mol. The van der Waals surface area contributed by atoms with E-state index in [9.17, 15) is 21.6 Å². The van der Waals surface area contributed by atoms with Gasteiger partial charge in [0.1, 0.15) is 0 Å². The average Bonchev–Trinajstić information content (AvgIpc) is 2.50. The highest BCUT2D eigenvalue weighted by atomic mass is 32.2. The van der Waals surface area contributed by atoms with E-state index in [1.165, 1.54) is 8.61 Å². The Hall–Kier alpha value is -0.380. The van der Waals surface area contributed by atoms with Crippen LogP contribution in [-0.4, -0.2) is 62.5 Å². The van der Waals surface area contributed by atoms with Crippen molar-refractivity contribution in [1.82, 2.24) is 13.9 Å². The maximum atomic E-state index is 11.9. The predicted octanol–water partition coefficient (Wildman–Crippen LogP) is 0.411. The average molecular weight is 289 g/mol. The molecule has 18 heavy (non-hydrogen) atoms. The Kier molecular flexibility index (Phi) is 5.38. The Morgan fingerprint density at radius 3 is 2.22 bits per heavy atom. The number of nitrogens with zero attached hydrogens (tertiary/aromatic N) is 2. The molecule has 0 aromatic rings. The quantitative estimate of drug-likeness (QED) is 0.721. The van der Waals surface area contributed by atoms with Gasteiger partial charge in [0.05, 0.1) is 6.54 Å². The fraction of sp³-hybridized carbons (Fsp3) is 1.00. The number of nitrogens with one attached hydrogen (secondary N) is 1. The lowest BCUT2D eigenvalue weighted by atomic mass is 10.4. The number of alkyl halides is 3. The van der Waals surface area contributed by atoms with Crippen molar-refractivity contribution in [2.75, 3.05) is 39.3 Å². The van der Waals surface area contributed by atoms with Crippen LogP contribution < -0.4 is 5.32 Å². The van der Waals surface area contributed by atoms with Crippen molar-refractivity contribution in [2.24, 2.45) is 0 Å². The molecule has 1 N–H and O–H groups in total. The molecule has 1 saturated heterocycles. The molecule has 0 unspecified atom stereocenters. The molecule has 0 radical (unpaired) electrons. The summed E-state index contributed by atoms with van der Waals surface area (Å²) in [5.41, 5.74) is 0. The summed E-state index contributed by atoms with van der Waals surface area (Å²) in [5, 5.41) is 2.19. The highest BCUT2D eigenvalue weighted by Crippen LogP contribution is 2.16. The first kappa shape index (κ1) is 15.7. The third-order valence-corrected chi connectivity index (χ3v) is 4.62. The molecule has 0 spiro atoms. The maximum Gasteiger partial charge on any atom is 0.401 e. The van der Waals surface area contributed by atoms with E-state index >= 15 is 0 Å². The predicted molar refractivity (Wildman–Crippen MR) is 61.3 cm³/mol. The summed E-state index contributed by atoms with van der Waals surface area (Å²) < 4.78 is 61.9. The van der Waals surface area contributed by atoms with Crippen LogP contribution in [-0.2, 0) is 10.2 Å². The fourth-order valence-electron chi connectivity index (χ4n) is 1.75. The van der Waals surface area contributed by atoms with Crippen LogP contribution in [0.15, 0.2) is 0 Å². The van der Waals surface area contributed by atoms with Crippen LogP contribution in [0.1, 0.15) is 13.3 Å². The topological polar surface area (TPSA) is 52.6 Å². The minimum absolute atomic E-state index is 0.00128. The molecule has 1 heterocycles. The summed E-state index contributed by atoms with van der Waals surface area (Å²) >= 11 is 0. The molecule has 0 saturated carbocycles. The van der Waals surface area contributed by atoms with E-state index in [-0.39, 0.29) is 13.1 Å². The number of hydrogen-bond donors (Lipinski definition) is 1. The van der Waals surface area contributed by atoms with Crippen LogP contribution in [0.3, 0.4) is 0 Å². The van der Waals surface area contributed by atoms with E-state index in [1.54, 1.807) is 0 Å². The third kappa shape index (κ3) is 4.38. The minimum Gasteiger partial charge on any atom is -0.307 e. The summed E-state index contributed by atoms with van der Waals surface area (Å²) in [6.07, 6.45) is -3.54. The van der Waals surface area contributed by atoms with Gasteiger partial charge in [0.15, 0.2) is 0 Å². The van der Waals surface area contributed by atoms with Gasteiger partial charge in [-0.3, -0.25) is 0 Å². The highest BCUT2D eigenvalue weighted by Gasteiger charge is 2.35. The second kappa shape index (κ2) is 6.18. The van der Waals surface area contributed by atoms with Crippen molar-refractivity contribution in [2.45, 2.75) is 19.5 Å². The Morgan fingerprint density at radius 1 is 1.17 bits per heavy atom. The van der Waals surface area contributed by atoms with Gasteiger partial charge >= 0.3 is 6.18 Å². The van der Waals surface area contributed by atoms with Crippen LogP contribution in [0.4, 0.5) is 13.2 Å². The SMILES string of the molecule is CCCN1CCN(CCNCC(F)(F)F)S1(=O)=O. The molecule has 9 heteroatoms. The van der Waals surface area contributed by atoms with E-state index in [1.807, 2.05) is 6.92 Å². The van der Waals surface area contributed by atoms with Crippen molar-refractivity contribution >= 4 is 10.2 Å². The van der Waals surface area contributed by atoms with Gasteiger partial charge in [-0.1, -0.05) is 6.92 Å². The van der Waals surface area contributed by atoms with Crippen LogP contribution in [0.2, 0.25) is 0 Å². The molecule has 0 atom stereocenters. The fourth-order valence-corrected chi connectivity index (χ4v) is 3.44. The largest absolute Gasteiger partial charge is 0.401 e. The molecule has 5 nitrogen and oxygen atoms in total. The van der Waals surface area contributed by atoms with Crippen LogP contribution in [0.25, 0.3) is 0 Å². The first-order valence-electron chi connectivity index (χ1n) is 5.80. The molecule has 0 aromatic heterocycles. The zero-order valence-corrected chi connectivity index (χ0v) is 11.0. The zero-order valence-electron chi connectivity index (χ0n) is 10.2. The molecule has 108 valence electrons. The second-order valence-corrected chi connectivity index (χ2v) is 6.03. The number of rotatable bonds is 6. The van der Waals surface area contributed by atoms with Gasteiger partial charge in [0.25, 0.3) is 10.2 Å². The van der Waals surface area contributed by atoms with Crippen molar-refractivity contribution in [3.63, 3.8) is 0 Å². The van der Waals surface area contributed by atoms with Crippen molar-refractivity contribution in [3.8, 4) is 0 Å². The highest BCUT2D eigenvalue weighted by molar-refractivity contribution is 7.87. The van der Waals surface area contributed by atoms with E-state index in [4.69, 9.17) is 0 Å². The minimum atomic E-state index is -4.27. The maximum absolute atomic E-state index is 11.9. The smallest absolute Gasteiger partial charge is 0.307 e. The molecular formula is C9H18F3N3O2S. The summed E-state index contributed by atoms with van der Waals surface area (Å²) in [6, 6.07) is 0. The third-order valence-electron chi connectivity index (χ3n) is 2.59. The standard InChI is InChI=1S/C9H18F3N3O2S/c1-2-4-14-6-7-15(18(14,16)17)5-3-13-8-9(10,11)12/h13H,2-8H2,1H3. The second-order valence-electron chi connectivity index (χ2n) is 4.10. The molecule has 0 aliphatic carbocycles. The van der Waals surface area contributed by atoms with Crippen molar-refractivity contribution in [3.05, 3.63) is 0 Å². The first-order valence-corrected chi connectivity index (χ1v) is 7.20. The Morgan fingerprint density at radius 2 is 1.72 bits per heavy atom. The summed E-state index contributed by atoms with van der Waals surface area (Å²) in [5.74, 6) is 0. The lowest BCUT2D eigenvalue weighted by Crippen LogP contribution is -2.39. The molecular weight excluding hydrogens is 271 g/mol. The molecule has 1 fully saturated rings. The number of hydrogen-bond acceptors (Lipinski definition) is 3. The van der Waals surface area contributed by atoms with E-state index in [0.717, 1.165) is 6.42 Å². The zero-order chi connectivity index (χ0) is 13.8. The Labute approximate surface area is 105 Å². The van der Waals surface area contributed by atoms with Gasteiger partial charge in [0.2, 0.25) is 0 Å². The van der Waals surface area contributed by atoms with E-state index in [0.29, 0.717) is 19.6 Å².